The standard InChI is InChI=1S/C10H12N4O/c1-7-8(2)14(6-12-7)10-4-11-3-9(5-15)13-10/h3-4,6,15H,5H2,1-2H3. The molecule has 0 bridgehead atoms. The quantitative estimate of drug-likeness (QED) is 0.784. The van der Waals surface area contributed by atoms with Gasteiger partial charge in [0.1, 0.15) is 6.33 Å². The summed E-state index contributed by atoms with van der Waals surface area (Å²) in [5.41, 5.74) is 2.55. The zero-order valence-electron chi connectivity index (χ0n) is 8.68. The van der Waals surface area contributed by atoms with Gasteiger partial charge in [0, 0.05) is 5.69 Å². The first-order chi connectivity index (χ1) is 7.22. The number of hydrogen-bond donors (Lipinski definition) is 1. The lowest BCUT2D eigenvalue weighted by molar-refractivity contribution is 0.276. The first kappa shape index (κ1) is 9.79. The lowest BCUT2D eigenvalue weighted by Crippen LogP contribution is -2.02. The largest absolute Gasteiger partial charge is 0.390 e. The Morgan fingerprint density at radius 1 is 1.33 bits per heavy atom. The average molecular weight is 204 g/mol. The van der Waals surface area contributed by atoms with E-state index in [0.29, 0.717) is 11.5 Å². The summed E-state index contributed by atoms with van der Waals surface area (Å²) in [5, 5.41) is 8.96. The molecular weight excluding hydrogens is 192 g/mol. The zero-order valence-corrected chi connectivity index (χ0v) is 8.68. The molecule has 5 heteroatoms. The van der Waals surface area contributed by atoms with Gasteiger partial charge in [-0.3, -0.25) is 9.55 Å². The van der Waals surface area contributed by atoms with Gasteiger partial charge in [-0.2, -0.15) is 0 Å². The van der Waals surface area contributed by atoms with Crippen molar-refractivity contribution >= 4 is 0 Å². The highest BCUT2D eigenvalue weighted by atomic mass is 16.3. The van der Waals surface area contributed by atoms with Gasteiger partial charge in [0.2, 0.25) is 0 Å². The smallest absolute Gasteiger partial charge is 0.157 e. The minimum atomic E-state index is -0.104. The van der Waals surface area contributed by atoms with Crippen LogP contribution < -0.4 is 0 Å². The van der Waals surface area contributed by atoms with E-state index in [-0.39, 0.29) is 6.61 Å². The molecule has 0 amide bonds. The molecule has 0 aromatic carbocycles. The Hall–Kier alpha value is -1.75. The summed E-state index contributed by atoms with van der Waals surface area (Å²) in [6.07, 6.45) is 4.89. The lowest BCUT2D eigenvalue weighted by atomic mass is 10.4. The fraction of sp³-hybridized carbons (Fsp3) is 0.300. The van der Waals surface area contributed by atoms with Crippen LogP contribution in [0.15, 0.2) is 18.7 Å². The van der Waals surface area contributed by atoms with Gasteiger partial charge < -0.3 is 5.11 Å². The highest BCUT2D eigenvalue weighted by Crippen LogP contribution is 2.10. The Morgan fingerprint density at radius 2 is 2.13 bits per heavy atom. The zero-order chi connectivity index (χ0) is 10.8. The van der Waals surface area contributed by atoms with E-state index in [1.54, 1.807) is 18.7 Å². The molecule has 0 unspecified atom stereocenters. The van der Waals surface area contributed by atoms with E-state index in [2.05, 4.69) is 15.0 Å². The van der Waals surface area contributed by atoms with Crippen molar-refractivity contribution in [1.82, 2.24) is 19.5 Å². The molecule has 0 spiro atoms. The second-order valence-electron chi connectivity index (χ2n) is 3.31. The minimum absolute atomic E-state index is 0.104. The van der Waals surface area contributed by atoms with Crippen LogP contribution in [0.4, 0.5) is 0 Å². The SMILES string of the molecule is Cc1ncn(-c2cncc(CO)n2)c1C. The van der Waals surface area contributed by atoms with Crippen molar-refractivity contribution in [2.75, 3.05) is 0 Å². The highest BCUT2D eigenvalue weighted by molar-refractivity contribution is 5.25. The van der Waals surface area contributed by atoms with Crippen LogP contribution >= 0.6 is 0 Å². The lowest BCUT2D eigenvalue weighted by Gasteiger charge is -2.04. The number of imidazole rings is 1. The Labute approximate surface area is 87.5 Å². The summed E-state index contributed by atoms with van der Waals surface area (Å²) in [5.74, 6) is 0.680. The van der Waals surface area contributed by atoms with Crippen molar-refractivity contribution in [2.24, 2.45) is 0 Å². The summed E-state index contributed by atoms with van der Waals surface area (Å²) < 4.78 is 1.85. The summed E-state index contributed by atoms with van der Waals surface area (Å²) in [6.45, 7) is 3.80. The molecule has 5 nitrogen and oxygen atoms in total. The van der Waals surface area contributed by atoms with Crippen LogP contribution in [0.25, 0.3) is 5.82 Å². The second kappa shape index (κ2) is 3.78. The molecular formula is C10H12N4O. The maximum atomic E-state index is 8.96. The Kier molecular flexibility index (Phi) is 2.47. The molecule has 15 heavy (non-hydrogen) atoms. The van der Waals surface area contributed by atoms with Gasteiger partial charge >= 0.3 is 0 Å². The topological polar surface area (TPSA) is 63.8 Å². The van der Waals surface area contributed by atoms with Crippen LogP contribution in [0.5, 0.6) is 0 Å². The van der Waals surface area contributed by atoms with Crippen molar-refractivity contribution in [2.45, 2.75) is 20.5 Å². The van der Waals surface area contributed by atoms with Gasteiger partial charge in [0.15, 0.2) is 5.82 Å². The molecule has 2 rings (SSSR count). The monoisotopic (exact) mass is 204 g/mol. The van der Waals surface area contributed by atoms with Gasteiger partial charge in [-0.15, -0.1) is 0 Å². The molecule has 0 aliphatic carbocycles. The third-order valence-electron chi connectivity index (χ3n) is 2.33. The Morgan fingerprint density at radius 3 is 2.73 bits per heavy atom. The van der Waals surface area contributed by atoms with Gasteiger partial charge in [-0.1, -0.05) is 0 Å². The van der Waals surface area contributed by atoms with Crippen molar-refractivity contribution in [3.05, 3.63) is 35.8 Å². The predicted octanol–water partition coefficient (Wildman–Crippen LogP) is 0.771. The summed E-state index contributed by atoms with van der Waals surface area (Å²) in [7, 11) is 0. The number of aliphatic hydroxyl groups is 1. The third-order valence-corrected chi connectivity index (χ3v) is 2.33. The summed E-state index contributed by atoms with van der Waals surface area (Å²) in [6, 6.07) is 0. The van der Waals surface area contributed by atoms with E-state index in [1.165, 1.54) is 0 Å². The molecule has 0 aliphatic heterocycles. The molecule has 0 fully saturated rings. The van der Waals surface area contributed by atoms with E-state index in [9.17, 15) is 0 Å². The van der Waals surface area contributed by atoms with E-state index in [0.717, 1.165) is 11.4 Å². The molecule has 2 heterocycles. The van der Waals surface area contributed by atoms with Crippen LogP contribution in [0.3, 0.4) is 0 Å². The molecule has 1 N–H and O–H groups in total. The maximum absolute atomic E-state index is 8.96. The number of hydrogen-bond acceptors (Lipinski definition) is 4. The molecule has 0 saturated heterocycles. The fourth-order valence-electron chi connectivity index (χ4n) is 1.32. The summed E-state index contributed by atoms with van der Waals surface area (Å²) in [4.78, 5) is 12.4. The molecule has 2 aromatic heterocycles. The minimum Gasteiger partial charge on any atom is -0.390 e. The molecule has 0 saturated carbocycles. The van der Waals surface area contributed by atoms with Crippen LogP contribution in [-0.4, -0.2) is 24.6 Å². The maximum Gasteiger partial charge on any atom is 0.157 e. The number of nitrogens with zero attached hydrogens (tertiary/aromatic N) is 4. The predicted molar refractivity (Wildman–Crippen MR) is 54.6 cm³/mol. The van der Waals surface area contributed by atoms with E-state index in [4.69, 9.17) is 5.11 Å². The normalized spacial score (nSPS) is 10.6. The van der Waals surface area contributed by atoms with Gasteiger partial charge in [-0.25, -0.2) is 9.97 Å². The molecule has 2 aromatic rings. The van der Waals surface area contributed by atoms with Crippen LogP contribution in [-0.2, 0) is 6.61 Å². The second-order valence-corrected chi connectivity index (χ2v) is 3.31. The van der Waals surface area contributed by atoms with Crippen molar-refractivity contribution in [1.29, 1.82) is 0 Å². The summed E-state index contributed by atoms with van der Waals surface area (Å²) >= 11 is 0. The average Bonchev–Trinajstić information content (AvgIpc) is 2.60. The third kappa shape index (κ3) is 1.73. The van der Waals surface area contributed by atoms with E-state index < -0.39 is 0 Å². The van der Waals surface area contributed by atoms with Crippen LogP contribution in [0.2, 0.25) is 0 Å². The van der Waals surface area contributed by atoms with Crippen molar-refractivity contribution in [3.8, 4) is 5.82 Å². The van der Waals surface area contributed by atoms with Crippen LogP contribution in [0.1, 0.15) is 17.1 Å². The van der Waals surface area contributed by atoms with Gasteiger partial charge in [-0.05, 0) is 13.8 Å². The van der Waals surface area contributed by atoms with E-state index in [1.807, 2.05) is 18.4 Å². The molecule has 0 atom stereocenters. The first-order valence-electron chi connectivity index (χ1n) is 4.65. The van der Waals surface area contributed by atoms with Gasteiger partial charge in [0.25, 0.3) is 0 Å². The molecule has 0 radical (unpaired) electrons. The number of rotatable bonds is 2. The fourth-order valence-corrected chi connectivity index (χ4v) is 1.32. The molecule has 0 aliphatic rings. The molecule has 78 valence electrons. The van der Waals surface area contributed by atoms with Crippen LogP contribution in [0, 0.1) is 13.8 Å². The Balaban J connectivity index is 2.49. The first-order valence-corrected chi connectivity index (χ1v) is 4.65. The number of aliphatic hydroxyl groups excluding tert-OH is 1. The van der Waals surface area contributed by atoms with Gasteiger partial charge in [0.05, 0.1) is 30.4 Å². The number of aromatic nitrogens is 4. The number of aryl methyl sites for hydroxylation is 1. The Bertz CT molecular complexity index is 478. The van der Waals surface area contributed by atoms with Crippen molar-refractivity contribution < 1.29 is 5.11 Å². The van der Waals surface area contributed by atoms with E-state index >= 15 is 0 Å². The van der Waals surface area contributed by atoms with Crippen molar-refractivity contribution in [3.63, 3.8) is 0 Å². The highest BCUT2D eigenvalue weighted by Gasteiger charge is 2.06.